The third-order valence-corrected chi connectivity index (χ3v) is 8.06. The van der Waals surface area contributed by atoms with Gasteiger partial charge in [0, 0.05) is 66.8 Å². The topological polar surface area (TPSA) is 70.3 Å². The fourth-order valence-corrected chi connectivity index (χ4v) is 5.69. The molecule has 0 bridgehead atoms. The number of anilines is 2. The number of piperazine rings is 1. The molecular formula is C29H32F2N6. The van der Waals surface area contributed by atoms with Crippen LogP contribution in [0.25, 0.3) is 28.2 Å². The van der Waals surface area contributed by atoms with E-state index in [1.54, 1.807) is 0 Å². The molecule has 1 aliphatic carbocycles. The molecule has 192 valence electrons. The monoisotopic (exact) mass is 502 g/mol. The van der Waals surface area contributed by atoms with Gasteiger partial charge in [-0.05, 0) is 61.9 Å². The highest BCUT2D eigenvalue weighted by molar-refractivity contribution is 5.77. The second-order valence-corrected chi connectivity index (χ2v) is 10.4. The summed E-state index contributed by atoms with van der Waals surface area (Å²) in [6.45, 7) is 11.0. The summed E-state index contributed by atoms with van der Waals surface area (Å²) < 4.78 is 29.9. The molecule has 2 fully saturated rings. The number of nitrogens with zero attached hydrogens (tertiary/aromatic N) is 4. The average molecular weight is 503 g/mol. The van der Waals surface area contributed by atoms with Crippen LogP contribution in [0.4, 0.5) is 20.3 Å². The number of rotatable bonds is 5. The van der Waals surface area contributed by atoms with Gasteiger partial charge in [0.05, 0.1) is 0 Å². The molecule has 0 spiro atoms. The van der Waals surface area contributed by atoms with Crippen molar-refractivity contribution in [3.05, 3.63) is 65.9 Å². The Morgan fingerprint density at radius 2 is 1.73 bits per heavy atom. The standard InChI is InChI=1S/C29H32F2N6/c1-17-25-21(9-10-33-17)15-22(16-24(25)30)27-29(32)35-28(31)26(34-27)20-5-7-23(8-6-20)37-13-11-36(12-14-37)18(2)19-3-4-19/h5-8,15-16,18-19,33H,1,3-4,9-14H2,2H3,(H2,32,35). The van der Waals surface area contributed by atoms with Gasteiger partial charge >= 0.3 is 0 Å². The smallest absolute Gasteiger partial charge is 0.241 e. The van der Waals surface area contributed by atoms with Gasteiger partial charge in [-0.15, -0.1) is 0 Å². The molecule has 0 amide bonds. The van der Waals surface area contributed by atoms with Gasteiger partial charge in [0.25, 0.3) is 0 Å². The molecule has 1 saturated heterocycles. The van der Waals surface area contributed by atoms with Crippen LogP contribution in [0, 0.1) is 17.7 Å². The Bertz CT molecular complexity index is 1340. The molecule has 1 unspecified atom stereocenters. The maximum absolute atomic E-state index is 15.0. The molecule has 1 aromatic heterocycles. The summed E-state index contributed by atoms with van der Waals surface area (Å²) in [7, 11) is 0. The predicted molar refractivity (Wildman–Crippen MR) is 144 cm³/mol. The molecule has 3 heterocycles. The largest absolute Gasteiger partial charge is 0.385 e. The first-order valence-corrected chi connectivity index (χ1v) is 13.1. The molecule has 3 aliphatic rings. The van der Waals surface area contributed by atoms with E-state index in [4.69, 9.17) is 5.73 Å². The Labute approximate surface area is 216 Å². The zero-order chi connectivity index (χ0) is 25.7. The fourth-order valence-electron chi connectivity index (χ4n) is 5.69. The van der Waals surface area contributed by atoms with Crippen LogP contribution in [-0.2, 0) is 6.42 Å². The molecule has 2 aromatic carbocycles. The van der Waals surface area contributed by atoms with E-state index in [0.29, 0.717) is 41.4 Å². The highest BCUT2D eigenvalue weighted by Gasteiger charge is 2.33. The number of benzene rings is 2. The van der Waals surface area contributed by atoms with Crippen molar-refractivity contribution >= 4 is 17.2 Å². The first-order valence-electron chi connectivity index (χ1n) is 13.1. The molecule has 3 aromatic rings. The number of halogens is 2. The van der Waals surface area contributed by atoms with Crippen molar-refractivity contribution < 1.29 is 8.78 Å². The summed E-state index contributed by atoms with van der Waals surface area (Å²) in [5.41, 5.74) is 10.5. The van der Waals surface area contributed by atoms with E-state index in [1.165, 1.54) is 18.9 Å². The molecule has 0 radical (unpaired) electrons. The lowest BCUT2D eigenvalue weighted by atomic mass is 9.94. The summed E-state index contributed by atoms with van der Waals surface area (Å²) in [6, 6.07) is 11.6. The number of fused-ring (bicyclic) bond motifs is 1. The van der Waals surface area contributed by atoms with Gasteiger partial charge < -0.3 is 16.0 Å². The van der Waals surface area contributed by atoms with Crippen molar-refractivity contribution in [3.63, 3.8) is 0 Å². The zero-order valence-electron chi connectivity index (χ0n) is 21.1. The molecule has 6 rings (SSSR count). The SMILES string of the molecule is C=C1NCCc2cc(-c3nc(-c4ccc(N5CCN(C(C)C6CC6)CC5)cc4)c(F)nc3N)cc(F)c21. The summed E-state index contributed by atoms with van der Waals surface area (Å²) >= 11 is 0. The third kappa shape index (κ3) is 4.55. The summed E-state index contributed by atoms with van der Waals surface area (Å²) in [5, 5.41) is 3.09. The lowest BCUT2D eigenvalue weighted by Crippen LogP contribution is -2.50. The van der Waals surface area contributed by atoms with Crippen LogP contribution in [0.3, 0.4) is 0 Å². The average Bonchev–Trinajstić information content (AvgIpc) is 3.74. The Hall–Kier alpha value is -3.52. The lowest BCUT2D eigenvalue weighted by Gasteiger charge is -2.39. The molecule has 6 nitrogen and oxygen atoms in total. The zero-order valence-corrected chi connectivity index (χ0v) is 21.1. The Balaban J connectivity index is 1.24. The van der Waals surface area contributed by atoms with Gasteiger partial charge in [0.2, 0.25) is 5.95 Å². The Morgan fingerprint density at radius 3 is 2.43 bits per heavy atom. The van der Waals surface area contributed by atoms with Crippen LogP contribution in [-0.4, -0.2) is 53.6 Å². The number of hydrogen-bond donors (Lipinski definition) is 2. The van der Waals surface area contributed by atoms with E-state index in [0.717, 1.165) is 43.3 Å². The van der Waals surface area contributed by atoms with E-state index in [9.17, 15) is 8.78 Å². The van der Waals surface area contributed by atoms with Crippen LogP contribution < -0.4 is 16.0 Å². The van der Waals surface area contributed by atoms with Gasteiger partial charge in [-0.1, -0.05) is 18.7 Å². The minimum atomic E-state index is -0.743. The Kier molecular flexibility index (Phi) is 6.07. The molecular weight excluding hydrogens is 470 g/mol. The highest BCUT2D eigenvalue weighted by atomic mass is 19.1. The molecule has 37 heavy (non-hydrogen) atoms. The minimum absolute atomic E-state index is 0.0664. The molecule has 1 atom stereocenters. The number of nitrogens with one attached hydrogen (secondary N) is 1. The van der Waals surface area contributed by atoms with Gasteiger partial charge in [-0.3, -0.25) is 4.90 Å². The molecule has 2 aliphatic heterocycles. The van der Waals surface area contributed by atoms with E-state index >= 15 is 0 Å². The second kappa shape index (κ2) is 9.41. The van der Waals surface area contributed by atoms with Crippen LogP contribution >= 0.6 is 0 Å². The van der Waals surface area contributed by atoms with Crippen LogP contribution in [0.1, 0.15) is 30.9 Å². The maximum atomic E-state index is 15.0. The minimum Gasteiger partial charge on any atom is -0.385 e. The Morgan fingerprint density at radius 1 is 1.00 bits per heavy atom. The van der Waals surface area contributed by atoms with Crippen molar-refractivity contribution in [1.29, 1.82) is 0 Å². The fraction of sp³-hybridized carbons (Fsp3) is 0.379. The number of aromatic nitrogens is 2. The van der Waals surface area contributed by atoms with E-state index in [-0.39, 0.29) is 17.2 Å². The quantitative estimate of drug-likeness (QED) is 0.527. The lowest BCUT2D eigenvalue weighted by molar-refractivity contribution is 0.179. The van der Waals surface area contributed by atoms with Crippen LogP contribution in [0.2, 0.25) is 0 Å². The molecule has 3 N–H and O–H groups in total. The summed E-state index contributed by atoms with van der Waals surface area (Å²) in [4.78, 5) is 13.4. The third-order valence-electron chi connectivity index (χ3n) is 8.06. The van der Waals surface area contributed by atoms with E-state index in [2.05, 4.69) is 38.6 Å². The summed E-state index contributed by atoms with van der Waals surface area (Å²) in [5.74, 6) is -0.343. The summed E-state index contributed by atoms with van der Waals surface area (Å²) in [6.07, 6.45) is 3.38. The van der Waals surface area contributed by atoms with Gasteiger partial charge in [0.1, 0.15) is 17.2 Å². The van der Waals surface area contributed by atoms with E-state index < -0.39 is 11.8 Å². The number of hydrogen-bond acceptors (Lipinski definition) is 6. The van der Waals surface area contributed by atoms with Crippen molar-refractivity contribution in [2.45, 2.75) is 32.2 Å². The molecule has 1 saturated carbocycles. The number of nitrogens with two attached hydrogens (primary N) is 1. The van der Waals surface area contributed by atoms with Crippen molar-refractivity contribution in [1.82, 2.24) is 20.2 Å². The second-order valence-electron chi connectivity index (χ2n) is 10.4. The van der Waals surface area contributed by atoms with Crippen molar-refractivity contribution in [2.75, 3.05) is 43.4 Å². The maximum Gasteiger partial charge on any atom is 0.241 e. The normalized spacial score (nSPS) is 18.9. The molecule has 8 heteroatoms. The van der Waals surface area contributed by atoms with Crippen LogP contribution in [0.15, 0.2) is 43.0 Å². The highest BCUT2D eigenvalue weighted by Crippen LogP contribution is 2.36. The first-order chi connectivity index (χ1) is 17.9. The van der Waals surface area contributed by atoms with Crippen molar-refractivity contribution in [3.8, 4) is 22.5 Å². The van der Waals surface area contributed by atoms with Crippen LogP contribution in [0.5, 0.6) is 0 Å². The van der Waals surface area contributed by atoms with Crippen molar-refractivity contribution in [2.24, 2.45) is 5.92 Å². The van der Waals surface area contributed by atoms with Gasteiger partial charge in [-0.2, -0.15) is 9.37 Å². The van der Waals surface area contributed by atoms with E-state index in [1.807, 2.05) is 30.3 Å². The number of nitrogen functional groups attached to an aromatic ring is 1. The predicted octanol–water partition coefficient (Wildman–Crippen LogP) is 4.71. The van der Waals surface area contributed by atoms with Gasteiger partial charge in [-0.25, -0.2) is 9.37 Å². The first kappa shape index (κ1) is 23.9. The van der Waals surface area contributed by atoms with Gasteiger partial charge in [0.15, 0.2) is 5.82 Å².